The van der Waals surface area contributed by atoms with E-state index in [4.69, 9.17) is 9.84 Å². The van der Waals surface area contributed by atoms with Gasteiger partial charge in [-0.2, -0.15) is 5.11 Å². The van der Waals surface area contributed by atoms with Crippen molar-refractivity contribution in [2.24, 2.45) is 15.4 Å². The van der Waals surface area contributed by atoms with Crippen molar-refractivity contribution < 1.29 is 24.9 Å². The van der Waals surface area contributed by atoms with Crippen LogP contribution in [-0.2, 0) is 9.53 Å². The number of amidine groups is 1. The largest absolute Gasteiger partial charge is 0.394 e. The molecule has 0 aromatic carbocycles. The maximum atomic E-state index is 11.9. The molecule has 0 aromatic heterocycles. The number of amides is 1. The van der Waals surface area contributed by atoms with Crippen molar-refractivity contribution in [3.8, 4) is 0 Å². The molecule has 0 aliphatic carbocycles. The molecule has 102 valence electrons. The van der Waals surface area contributed by atoms with E-state index in [0.29, 0.717) is 0 Å². The number of carbonyl (C=O) groups is 1. The van der Waals surface area contributed by atoms with Gasteiger partial charge in [-0.25, -0.2) is 0 Å². The van der Waals surface area contributed by atoms with Crippen molar-refractivity contribution >= 4 is 11.7 Å². The normalized spacial score (nSPS) is 40.8. The molecule has 19 heavy (non-hydrogen) atoms. The number of carbonyl (C=O) groups excluding carboxylic acids is 1. The van der Waals surface area contributed by atoms with E-state index in [1.54, 1.807) is 0 Å². The van der Waals surface area contributed by atoms with Gasteiger partial charge in [0.2, 0.25) is 0 Å². The highest BCUT2D eigenvalue weighted by Gasteiger charge is 2.49. The van der Waals surface area contributed by atoms with E-state index in [1.165, 1.54) is 12.2 Å². The maximum Gasteiger partial charge on any atom is 0.254 e. The van der Waals surface area contributed by atoms with Gasteiger partial charge in [-0.3, -0.25) is 9.69 Å². The second kappa shape index (κ2) is 4.46. The minimum atomic E-state index is -1.34. The zero-order valence-electron chi connectivity index (χ0n) is 9.70. The fraction of sp³-hybridized carbons (Fsp3) is 0.600. The molecular formula is C10H12N4O5. The maximum absolute atomic E-state index is 11.9. The molecule has 3 N–H and O–H groups in total. The van der Waals surface area contributed by atoms with Gasteiger partial charge in [0.15, 0.2) is 18.1 Å². The van der Waals surface area contributed by atoms with Gasteiger partial charge in [-0.05, 0) is 11.3 Å². The van der Waals surface area contributed by atoms with Crippen LogP contribution in [0.25, 0.3) is 0 Å². The third-order valence-corrected chi connectivity index (χ3v) is 3.26. The summed E-state index contributed by atoms with van der Waals surface area (Å²) in [5.74, 6) is -0.209. The Hall–Kier alpha value is -1.68. The van der Waals surface area contributed by atoms with E-state index < -0.39 is 43.1 Å². The SMILES string of the molecule is O=C1C=CC2N=NN=C2N1C1OC(CO)C(O)C1O. The monoisotopic (exact) mass is 268 g/mol. The van der Waals surface area contributed by atoms with E-state index in [9.17, 15) is 15.0 Å². The van der Waals surface area contributed by atoms with Crippen LogP contribution in [0, 0.1) is 0 Å². The van der Waals surface area contributed by atoms with Gasteiger partial charge in [0.05, 0.1) is 6.61 Å². The van der Waals surface area contributed by atoms with Gasteiger partial charge < -0.3 is 20.1 Å². The highest BCUT2D eigenvalue weighted by Crippen LogP contribution is 2.28. The zero-order valence-corrected chi connectivity index (χ0v) is 9.70. The molecule has 3 heterocycles. The molecule has 9 nitrogen and oxygen atoms in total. The highest BCUT2D eigenvalue weighted by atomic mass is 16.6. The minimum absolute atomic E-state index is 0.238. The lowest BCUT2D eigenvalue weighted by molar-refractivity contribution is -0.138. The number of hydrogen-bond acceptors (Lipinski definition) is 8. The molecule has 3 aliphatic heterocycles. The summed E-state index contributed by atoms with van der Waals surface area (Å²) in [6.45, 7) is -0.461. The molecule has 5 atom stereocenters. The molecule has 0 saturated carbocycles. The fourth-order valence-electron chi connectivity index (χ4n) is 2.27. The molecule has 0 aromatic rings. The van der Waals surface area contributed by atoms with Gasteiger partial charge in [0, 0.05) is 6.08 Å². The highest BCUT2D eigenvalue weighted by molar-refractivity contribution is 6.09. The first-order chi connectivity index (χ1) is 9.13. The number of aliphatic hydroxyl groups is 3. The quantitative estimate of drug-likeness (QED) is 0.532. The number of ether oxygens (including phenoxy) is 1. The van der Waals surface area contributed by atoms with E-state index in [1.807, 2.05) is 0 Å². The van der Waals surface area contributed by atoms with Gasteiger partial charge in [0.1, 0.15) is 18.3 Å². The number of nitrogens with zero attached hydrogens (tertiary/aromatic N) is 4. The molecular weight excluding hydrogens is 256 g/mol. The van der Waals surface area contributed by atoms with Gasteiger partial charge in [0.25, 0.3) is 5.91 Å². The van der Waals surface area contributed by atoms with Crippen LogP contribution in [-0.4, -0.2) is 69.2 Å². The standard InChI is InChI=1S/C10H12N4O5/c15-3-5-7(17)8(18)10(19-5)14-6(16)2-1-4-9(14)12-13-11-4/h1-2,4-5,7-8,10,15,17-18H,3H2. The molecule has 1 saturated heterocycles. The summed E-state index contributed by atoms with van der Waals surface area (Å²) >= 11 is 0. The number of fused-ring (bicyclic) bond motifs is 1. The zero-order chi connectivity index (χ0) is 13.6. The Bertz CT molecular complexity index is 490. The number of hydrogen-bond donors (Lipinski definition) is 3. The average molecular weight is 268 g/mol. The van der Waals surface area contributed by atoms with Crippen LogP contribution in [0.15, 0.2) is 27.6 Å². The first-order valence-corrected chi connectivity index (χ1v) is 5.75. The topological polar surface area (TPSA) is 127 Å². The number of aliphatic hydroxyl groups excluding tert-OH is 3. The summed E-state index contributed by atoms with van der Waals surface area (Å²) in [5.41, 5.74) is 0. The van der Waals surface area contributed by atoms with Crippen molar-refractivity contribution in [1.29, 1.82) is 0 Å². The number of rotatable bonds is 2. The summed E-state index contributed by atoms with van der Waals surface area (Å²) in [6, 6.07) is -0.487. The lowest BCUT2D eigenvalue weighted by Gasteiger charge is -2.31. The molecule has 3 rings (SSSR count). The second-order valence-corrected chi connectivity index (χ2v) is 4.40. The second-order valence-electron chi connectivity index (χ2n) is 4.40. The van der Waals surface area contributed by atoms with E-state index >= 15 is 0 Å². The summed E-state index contributed by atoms with van der Waals surface area (Å²) in [4.78, 5) is 13.0. The van der Waals surface area contributed by atoms with Crippen LogP contribution in [0.1, 0.15) is 0 Å². The van der Waals surface area contributed by atoms with Crippen LogP contribution in [0.5, 0.6) is 0 Å². The van der Waals surface area contributed by atoms with Gasteiger partial charge in [-0.15, -0.1) is 5.10 Å². The van der Waals surface area contributed by atoms with Crippen molar-refractivity contribution in [2.45, 2.75) is 30.6 Å². The molecule has 0 spiro atoms. The Labute approximate surface area is 107 Å². The predicted octanol–water partition coefficient (Wildman–Crippen LogP) is -2.03. The minimum Gasteiger partial charge on any atom is -0.394 e. The smallest absolute Gasteiger partial charge is 0.254 e. The molecule has 0 radical (unpaired) electrons. The van der Waals surface area contributed by atoms with Crippen LogP contribution in [0.4, 0.5) is 0 Å². The van der Waals surface area contributed by atoms with Gasteiger partial charge in [-0.1, -0.05) is 0 Å². The van der Waals surface area contributed by atoms with Crippen molar-refractivity contribution in [3.63, 3.8) is 0 Å². The summed E-state index contributed by atoms with van der Waals surface area (Å²) in [7, 11) is 0. The third-order valence-electron chi connectivity index (χ3n) is 3.26. The summed E-state index contributed by atoms with van der Waals surface area (Å²) in [5, 5.41) is 39.7. The van der Waals surface area contributed by atoms with Crippen molar-refractivity contribution in [3.05, 3.63) is 12.2 Å². The first kappa shape index (κ1) is 12.4. The average Bonchev–Trinajstić information content (AvgIpc) is 2.97. The Morgan fingerprint density at radius 3 is 2.84 bits per heavy atom. The lowest BCUT2D eigenvalue weighted by Crippen LogP contribution is -2.53. The summed E-state index contributed by atoms with van der Waals surface area (Å²) in [6.07, 6.45) is -1.86. The fourth-order valence-corrected chi connectivity index (χ4v) is 2.27. The lowest BCUT2D eigenvalue weighted by atomic mass is 10.1. The van der Waals surface area contributed by atoms with Gasteiger partial charge >= 0.3 is 0 Å². The predicted molar refractivity (Wildman–Crippen MR) is 59.8 cm³/mol. The molecule has 3 aliphatic rings. The molecule has 1 amide bonds. The third kappa shape index (κ3) is 1.78. The van der Waals surface area contributed by atoms with Crippen molar-refractivity contribution in [1.82, 2.24) is 4.90 Å². The Morgan fingerprint density at radius 1 is 1.37 bits per heavy atom. The molecule has 1 fully saturated rings. The van der Waals surface area contributed by atoms with E-state index in [2.05, 4.69) is 15.4 Å². The van der Waals surface area contributed by atoms with E-state index in [0.717, 1.165) is 4.90 Å². The summed E-state index contributed by atoms with van der Waals surface area (Å²) < 4.78 is 5.31. The Balaban J connectivity index is 1.90. The molecule has 9 heteroatoms. The molecule has 0 bridgehead atoms. The molecule has 5 unspecified atom stereocenters. The Kier molecular flexibility index (Phi) is 2.90. The van der Waals surface area contributed by atoms with Crippen LogP contribution >= 0.6 is 0 Å². The van der Waals surface area contributed by atoms with Crippen LogP contribution in [0.3, 0.4) is 0 Å². The van der Waals surface area contributed by atoms with Crippen LogP contribution in [0.2, 0.25) is 0 Å². The van der Waals surface area contributed by atoms with Crippen LogP contribution < -0.4 is 0 Å². The van der Waals surface area contributed by atoms with E-state index in [-0.39, 0.29) is 5.84 Å². The van der Waals surface area contributed by atoms with Crippen molar-refractivity contribution in [2.75, 3.05) is 6.61 Å². The Morgan fingerprint density at radius 2 is 2.16 bits per heavy atom. The first-order valence-electron chi connectivity index (χ1n) is 5.75.